The molecule has 1 aromatic carbocycles. The Kier molecular flexibility index (Phi) is 3.91. The van der Waals surface area contributed by atoms with E-state index in [1.54, 1.807) is 12.1 Å². The average Bonchev–Trinajstić information content (AvgIpc) is 3.20. The summed E-state index contributed by atoms with van der Waals surface area (Å²) in [7, 11) is -2.31. The number of aryl methyl sites for hydroxylation is 1. The van der Waals surface area contributed by atoms with Gasteiger partial charge in [-0.3, -0.25) is 4.79 Å². The number of ether oxygens (including phenoxy) is 1. The maximum absolute atomic E-state index is 12.2. The van der Waals surface area contributed by atoms with Gasteiger partial charge in [0.15, 0.2) is 0 Å². The van der Waals surface area contributed by atoms with Crippen LogP contribution >= 0.6 is 0 Å². The van der Waals surface area contributed by atoms with Gasteiger partial charge >= 0.3 is 5.97 Å². The minimum atomic E-state index is -3.57. The average molecular weight is 283 g/mol. The summed E-state index contributed by atoms with van der Waals surface area (Å²) in [5.74, 6) is -0.508. The molecule has 6 heteroatoms. The van der Waals surface area contributed by atoms with E-state index in [2.05, 4.69) is 11.7 Å². The monoisotopic (exact) mass is 283 g/mol. The van der Waals surface area contributed by atoms with Crippen molar-refractivity contribution in [3.05, 3.63) is 29.8 Å². The third kappa shape index (κ3) is 2.79. The van der Waals surface area contributed by atoms with Gasteiger partial charge in [0.2, 0.25) is 10.0 Å². The van der Waals surface area contributed by atoms with Gasteiger partial charge in [-0.2, -0.15) is 4.31 Å². The van der Waals surface area contributed by atoms with E-state index in [0.717, 1.165) is 22.7 Å². The summed E-state index contributed by atoms with van der Waals surface area (Å²) in [6, 6.07) is 6.14. The molecular weight excluding hydrogens is 266 g/mol. The van der Waals surface area contributed by atoms with E-state index in [0.29, 0.717) is 0 Å². The summed E-state index contributed by atoms with van der Waals surface area (Å²) in [5, 5.41) is 0. The van der Waals surface area contributed by atoms with E-state index >= 15 is 0 Å². The van der Waals surface area contributed by atoms with E-state index in [-0.39, 0.29) is 11.4 Å². The molecule has 0 saturated carbocycles. The molecule has 0 aliphatic carbocycles. The molecule has 0 N–H and O–H groups in total. The maximum atomic E-state index is 12.2. The maximum Gasteiger partial charge on any atom is 0.325 e. The Morgan fingerprint density at radius 3 is 2.53 bits per heavy atom. The molecule has 104 valence electrons. The first-order chi connectivity index (χ1) is 9.00. The lowest BCUT2D eigenvalue weighted by molar-refractivity contribution is -0.140. The quantitative estimate of drug-likeness (QED) is 0.601. The van der Waals surface area contributed by atoms with Crippen LogP contribution in [0.25, 0.3) is 0 Å². The van der Waals surface area contributed by atoms with E-state index in [4.69, 9.17) is 0 Å². The molecule has 5 nitrogen and oxygen atoms in total. The van der Waals surface area contributed by atoms with Gasteiger partial charge in [-0.15, -0.1) is 0 Å². The normalized spacial score (nSPS) is 22.0. The Morgan fingerprint density at radius 2 is 2.00 bits per heavy atom. The molecule has 2 rings (SSSR count). The van der Waals surface area contributed by atoms with Gasteiger partial charge in [-0.1, -0.05) is 25.5 Å². The van der Waals surface area contributed by atoms with E-state index < -0.39 is 22.0 Å². The highest BCUT2D eigenvalue weighted by atomic mass is 32.2. The number of rotatable bonds is 5. The lowest BCUT2D eigenvalue weighted by Gasteiger charge is -2.06. The zero-order valence-corrected chi connectivity index (χ0v) is 11.8. The Balaban J connectivity index is 2.15. The van der Waals surface area contributed by atoms with Crippen molar-refractivity contribution >= 4 is 16.0 Å². The smallest absolute Gasteiger partial charge is 0.325 e. The summed E-state index contributed by atoms with van der Waals surface area (Å²) in [5.41, 5.74) is 1.11. The fraction of sp³-hybridized carbons (Fsp3) is 0.462. The molecule has 1 aromatic rings. The van der Waals surface area contributed by atoms with Gasteiger partial charge in [0, 0.05) is 6.54 Å². The van der Waals surface area contributed by atoms with Crippen LogP contribution in [0.15, 0.2) is 29.2 Å². The Morgan fingerprint density at radius 1 is 1.37 bits per heavy atom. The zero-order chi connectivity index (χ0) is 14.0. The number of esters is 1. The van der Waals surface area contributed by atoms with E-state index in [9.17, 15) is 13.2 Å². The highest BCUT2D eigenvalue weighted by Crippen LogP contribution is 2.29. The number of benzene rings is 1. The minimum absolute atomic E-state index is 0.200. The largest absolute Gasteiger partial charge is 0.468 e. The third-order valence-corrected chi connectivity index (χ3v) is 5.00. The minimum Gasteiger partial charge on any atom is -0.468 e. The van der Waals surface area contributed by atoms with Crippen LogP contribution in [0.2, 0.25) is 0 Å². The molecule has 0 amide bonds. The number of carbonyl (C=O) groups is 1. The lowest BCUT2D eigenvalue weighted by Crippen LogP contribution is -2.20. The van der Waals surface area contributed by atoms with E-state index in [1.807, 2.05) is 12.1 Å². The summed E-state index contributed by atoms with van der Waals surface area (Å²) >= 11 is 0. The molecular formula is C13H17NO4S. The van der Waals surface area contributed by atoms with Gasteiger partial charge in [-0.25, -0.2) is 8.42 Å². The second-order valence-corrected chi connectivity index (χ2v) is 6.40. The van der Waals surface area contributed by atoms with Gasteiger partial charge in [0.25, 0.3) is 0 Å². The number of nitrogens with zero attached hydrogens (tertiary/aromatic N) is 1. The number of hydrogen-bond donors (Lipinski definition) is 0. The van der Waals surface area contributed by atoms with Gasteiger partial charge in [0.1, 0.15) is 6.04 Å². The van der Waals surface area contributed by atoms with Crippen molar-refractivity contribution in [3.63, 3.8) is 0 Å². The van der Waals surface area contributed by atoms with Crippen molar-refractivity contribution in [2.24, 2.45) is 0 Å². The molecule has 1 aliphatic heterocycles. The number of methoxy groups -OCH3 is 1. The van der Waals surface area contributed by atoms with Crippen molar-refractivity contribution in [2.45, 2.75) is 30.7 Å². The standard InChI is InChI=1S/C13H17NO4S/c1-3-4-10-5-7-11(8-6-10)19(16,17)14-9-12(14)13(15)18-2/h5-8,12H,3-4,9H2,1-2H3. The highest BCUT2D eigenvalue weighted by molar-refractivity contribution is 7.89. The molecule has 1 aliphatic rings. The molecule has 1 fully saturated rings. The number of sulfonamides is 1. The van der Waals surface area contributed by atoms with Crippen LogP contribution in [0.3, 0.4) is 0 Å². The molecule has 0 radical (unpaired) electrons. The van der Waals surface area contributed by atoms with Crippen molar-refractivity contribution in [3.8, 4) is 0 Å². The molecule has 2 unspecified atom stereocenters. The fourth-order valence-electron chi connectivity index (χ4n) is 1.97. The molecule has 2 atom stereocenters. The lowest BCUT2D eigenvalue weighted by atomic mass is 10.1. The summed E-state index contributed by atoms with van der Waals surface area (Å²) in [4.78, 5) is 11.5. The molecule has 1 heterocycles. The van der Waals surface area contributed by atoms with Crippen LogP contribution < -0.4 is 0 Å². The Bertz CT molecular complexity index is 565. The summed E-state index contributed by atoms with van der Waals surface area (Å²) < 4.78 is 30.1. The SMILES string of the molecule is CCCc1ccc(S(=O)(=O)N2CC2C(=O)OC)cc1. The summed E-state index contributed by atoms with van der Waals surface area (Å²) in [6.45, 7) is 2.27. The summed E-state index contributed by atoms with van der Waals surface area (Å²) in [6.07, 6.45) is 1.94. The molecule has 0 spiro atoms. The first-order valence-electron chi connectivity index (χ1n) is 6.19. The second kappa shape index (κ2) is 5.30. The van der Waals surface area contributed by atoms with Crippen molar-refractivity contribution in [1.29, 1.82) is 0 Å². The number of hydrogen-bond acceptors (Lipinski definition) is 4. The predicted octanol–water partition coefficient (Wildman–Crippen LogP) is 1.18. The topological polar surface area (TPSA) is 63.5 Å². The number of carbonyl (C=O) groups excluding carboxylic acids is 1. The van der Waals surface area contributed by atoms with Crippen LogP contribution in [0.4, 0.5) is 0 Å². The molecule has 19 heavy (non-hydrogen) atoms. The first kappa shape index (κ1) is 14.0. The van der Waals surface area contributed by atoms with Gasteiger partial charge < -0.3 is 4.74 Å². The molecule has 1 saturated heterocycles. The Hall–Kier alpha value is -1.40. The molecule has 0 bridgehead atoms. The fourth-order valence-corrected chi connectivity index (χ4v) is 3.48. The second-order valence-electron chi connectivity index (χ2n) is 4.51. The van der Waals surface area contributed by atoms with Crippen LogP contribution in [-0.4, -0.2) is 38.4 Å². The molecule has 0 aromatic heterocycles. The van der Waals surface area contributed by atoms with Crippen LogP contribution in [0.1, 0.15) is 18.9 Å². The van der Waals surface area contributed by atoms with Crippen LogP contribution in [-0.2, 0) is 26.0 Å². The first-order valence-corrected chi connectivity index (χ1v) is 7.63. The van der Waals surface area contributed by atoms with Crippen LogP contribution in [0, 0.1) is 0 Å². The third-order valence-electron chi connectivity index (χ3n) is 3.11. The van der Waals surface area contributed by atoms with Crippen LogP contribution in [0.5, 0.6) is 0 Å². The van der Waals surface area contributed by atoms with Crippen molar-refractivity contribution in [1.82, 2.24) is 4.31 Å². The predicted molar refractivity (Wildman–Crippen MR) is 70.1 cm³/mol. The van der Waals surface area contributed by atoms with Crippen molar-refractivity contribution < 1.29 is 17.9 Å². The highest BCUT2D eigenvalue weighted by Gasteiger charge is 2.50. The zero-order valence-electron chi connectivity index (χ0n) is 11.0. The Labute approximate surface area is 113 Å². The van der Waals surface area contributed by atoms with Gasteiger partial charge in [-0.05, 0) is 24.1 Å². The van der Waals surface area contributed by atoms with Gasteiger partial charge in [0.05, 0.1) is 12.0 Å². The van der Waals surface area contributed by atoms with E-state index in [1.165, 1.54) is 7.11 Å². The van der Waals surface area contributed by atoms with Crippen molar-refractivity contribution in [2.75, 3.05) is 13.7 Å².